The van der Waals surface area contributed by atoms with E-state index in [-0.39, 0.29) is 18.4 Å². The van der Waals surface area contributed by atoms with Crippen LogP contribution in [0.15, 0.2) is 41.3 Å². The van der Waals surface area contributed by atoms with Crippen molar-refractivity contribution in [2.45, 2.75) is 6.92 Å². The molecule has 0 unspecified atom stereocenters. The highest BCUT2D eigenvalue weighted by atomic mass is 35.5. The average Bonchev–Trinajstić information content (AvgIpc) is 3.01. The number of hydrogen-bond acceptors (Lipinski definition) is 6. The van der Waals surface area contributed by atoms with Crippen LogP contribution in [0.5, 0.6) is 11.5 Å². The standard InChI is InChI=1S/C20H16Cl2N2O4S2/c1-2-27-16-7-11(8-17-19(26)24-20(29)30-17)3-6-15(16)28-10-18(25)23-12-4-5-13(21)14(22)9-12/h3-9H,2,10H2,1H3,(H,23,25)(H,24,26,29)/b17-8-. The molecule has 1 saturated heterocycles. The number of anilines is 1. The van der Waals surface area contributed by atoms with E-state index in [9.17, 15) is 9.59 Å². The van der Waals surface area contributed by atoms with E-state index in [1.54, 1.807) is 42.5 Å². The number of benzene rings is 2. The number of hydrogen-bond donors (Lipinski definition) is 2. The average molecular weight is 483 g/mol. The second kappa shape index (κ2) is 10.2. The molecular weight excluding hydrogens is 467 g/mol. The van der Waals surface area contributed by atoms with Crippen LogP contribution in [-0.4, -0.2) is 29.3 Å². The van der Waals surface area contributed by atoms with Crippen molar-refractivity contribution in [3.05, 3.63) is 56.9 Å². The monoisotopic (exact) mass is 482 g/mol. The highest BCUT2D eigenvalue weighted by Crippen LogP contribution is 2.32. The Bertz CT molecular complexity index is 1040. The van der Waals surface area contributed by atoms with Crippen molar-refractivity contribution < 1.29 is 19.1 Å². The maximum Gasteiger partial charge on any atom is 0.263 e. The molecule has 2 N–H and O–H groups in total. The molecule has 1 aliphatic heterocycles. The summed E-state index contributed by atoms with van der Waals surface area (Å²) in [5.41, 5.74) is 1.25. The number of carbonyl (C=O) groups is 2. The van der Waals surface area contributed by atoms with E-state index in [0.29, 0.717) is 43.1 Å². The summed E-state index contributed by atoms with van der Waals surface area (Å²) in [7, 11) is 0. The van der Waals surface area contributed by atoms with Gasteiger partial charge in [0.15, 0.2) is 18.1 Å². The van der Waals surface area contributed by atoms with E-state index in [1.807, 2.05) is 6.92 Å². The Morgan fingerprint density at radius 2 is 1.97 bits per heavy atom. The lowest BCUT2D eigenvalue weighted by Crippen LogP contribution is -2.20. The van der Waals surface area contributed by atoms with Gasteiger partial charge >= 0.3 is 0 Å². The van der Waals surface area contributed by atoms with Gasteiger partial charge in [-0.3, -0.25) is 9.59 Å². The van der Waals surface area contributed by atoms with Crippen LogP contribution in [0.4, 0.5) is 5.69 Å². The van der Waals surface area contributed by atoms with Crippen LogP contribution in [0.1, 0.15) is 12.5 Å². The van der Waals surface area contributed by atoms with Crippen molar-refractivity contribution in [2.24, 2.45) is 0 Å². The number of halogens is 2. The zero-order valence-electron chi connectivity index (χ0n) is 15.7. The molecule has 0 atom stereocenters. The molecular formula is C20H16Cl2N2O4S2. The number of amides is 2. The predicted octanol–water partition coefficient (Wildman–Crippen LogP) is 4.90. The number of carbonyl (C=O) groups excluding carboxylic acids is 2. The van der Waals surface area contributed by atoms with E-state index < -0.39 is 0 Å². The van der Waals surface area contributed by atoms with Crippen molar-refractivity contribution in [1.29, 1.82) is 0 Å². The third-order valence-corrected chi connectivity index (χ3v) is 5.67. The smallest absolute Gasteiger partial charge is 0.263 e. The van der Waals surface area contributed by atoms with E-state index in [4.69, 9.17) is 44.9 Å². The quantitative estimate of drug-likeness (QED) is 0.431. The first kappa shape index (κ1) is 22.4. The van der Waals surface area contributed by atoms with Crippen molar-refractivity contribution in [3.63, 3.8) is 0 Å². The molecule has 1 heterocycles. The Morgan fingerprint density at radius 3 is 2.63 bits per heavy atom. The minimum absolute atomic E-state index is 0.229. The lowest BCUT2D eigenvalue weighted by Gasteiger charge is -2.13. The van der Waals surface area contributed by atoms with Gasteiger partial charge in [0.05, 0.1) is 21.6 Å². The second-order valence-electron chi connectivity index (χ2n) is 5.96. The van der Waals surface area contributed by atoms with Gasteiger partial charge in [0.2, 0.25) is 0 Å². The maximum atomic E-state index is 12.2. The Kier molecular flexibility index (Phi) is 7.60. The lowest BCUT2D eigenvalue weighted by atomic mass is 10.2. The highest BCUT2D eigenvalue weighted by Gasteiger charge is 2.22. The van der Waals surface area contributed by atoms with Crippen molar-refractivity contribution in [2.75, 3.05) is 18.5 Å². The van der Waals surface area contributed by atoms with Gasteiger partial charge in [-0.25, -0.2) is 0 Å². The normalized spacial score (nSPS) is 14.6. The number of thioether (sulfide) groups is 1. The van der Waals surface area contributed by atoms with Crippen molar-refractivity contribution in [1.82, 2.24) is 5.32 Å². The molecule has 0 aliphatic carbocycles. The lowest BCUT2D eigenvalue weighted by molar-refractivity contribution is -0.118. The van der Waals surface area contributed by atoms with E-state index in [1.165, 1.54) is 11.8 Å². The number of thiocarbonyl (C=S) groups is 1. The van der Waals surface area contributed by atoms with Crippen molar-refractivity contribution >= 4 is 75.1 Å². The third kappa shape index (κ3) is 5.89. The molecule has 1 aliphatic rings. The van der Waals surface area contributed by atoms with Gasteiger partial charge in [0.1, 0.15) is 4.32 Å². The Hall–Kier alpha value is -2.26. The largest absolute Gasteiger partial charge is 0.490 e. The van der Waals surface area contributed by atoms with Crippen LogP contribution in [0.25, 0.3) is 6.08 Å². The van der Waals surface area contributed by atoms with Crippen LogP contribution in [-0.2, 0) is 9.59 Å². The Balaban J connectivity index is 1.68. The van der Waals surface area contributed by atoms with Gasteiger partial charge in [-0.2, -0.15) is 0 Å². The minimum Gasteiger partial charge on any atom is -0.490 e. The molecule has 10 heteroatoms. The first-order chi connectivity index (χ1) is 14.4. The Labute approximate surface area is 192 Å². The fraction of sp³-hybridized carbons (Fsp3) is 0.150. The molecule has 2 aromatic rings. The summed E-state index contributed by atoms with van der Waals surface area (Å²) in [4.78, 5) is 24.5. The van der Waals surface area contributed by atoms with Crippen LogP contribution in [0, 0.1) is 0 Å². The minimum atomic E-state index is -0.366. The molecule has 156 valence electrons. The summed E-state index contributed by atoms with van der Waals surface area (Å²) in [5.74, 6) is 0.263. The Morgan fingerprint density at radius 1 is 1.17 bits per heavy atom. The van der Waals surface area contributed by atoms with Crippen molar-refractivity contribution in [3.8, 4) is 11.5 Å². The predicted molar refractivity (Wildman–Crippen MR) is 125 cm³/mol. The first-order valence-corrected chi connectivity index (χ1v) is 10.7. The fourth-order valence-electron chi connectivity index (χ4n) is 2.49. The van der Waals surface area contributed by atoms with Gasteiger partial charge in [0, 0.05) is 5.69 Å². The maximum absolute atomic E-state index is 12.2. The number of nitrogens with one attached hydrogen (secondary N) is 2. The molecule has 2 aromatic carbocycles. The summed E-state index contributed by atoms with van der Waals surface area (Å²) in [6.45, 7) is 2.02. The van der Waals surface area contributed by atoms with E-state index >= 15 is 0 Å². The fourth-order valence-corrected chi connectivity index (χ4v) is 3.83. The van der Waals surface area contributed by atoms with Gasteiger partial charge in [0.25, 0.3) is 11.8 Å². The molecule has 0 spiro atoms. The van der Waals surface area contributed by atoms with Gasteiger partial charge in [-0.15, -0.1) is 0 Å². The number of rotatable bonds is 7. The number of ether oxygens (including phenoxy) is 2. The first-order valence-electron chi connectivity index (χ1n) is 8.75. The topological polar surface area (TPSA) is 76.7 Å². The molecule has 0 bridgehead atoms. The molecule has 30 heavy (non-hydrogen) atoms. The molecule has 6 nitrogen and oxygen atoms in total. The third-order valence-electron chi connectivity index (χ3n) is 3.77. The van der Waals surface area contributed by atoms with Crippen LogP contribution < -0.4 is 20.1 Å². The van der Waals surface area contributed by atoms with Crippen LogP contribution in [0.3, 0.4) is 0 Å². The summed E-state index contributed by atoms with van der Waals surface area (Å²) in [6.07, 6.45) is 1.71. The molecule has 0 saturated carbocycles. The van der Waals surface area contributed by atoms with Crippen LogP contribution in [0.2, 0.25) is 10.0 Å². The van der Waals surface area contributed by atoms with Gasteiger partial charge < -0.3 is 20.1 Å². The van der Waals surface area contributed by atoms with Gasteiger partial charge in [-0.05, 0) is 48.9 Å². The summed E-state index contributed by atoms with van der Waals surface area (Å²) in [6, 6.07) is 9.96. The van der Waals surface area contributed by atoms with Gasteiger partial charge in [-0.1, -0.05) is 53.2 Å². The summed E-state index contributed by atoms with van der Waals surface area (Å²) < 4.78 is 11.7. The molecule has 3 rings (SSSR count). The highest BCUT2D eigenvalue weighted by molar-refractivity contribution is 8.26. The molecule has 0 radical (unpaired) electrons. The second-order valence-corrected chi connectivity index (χ2v) is 8.49. The zero-order valence-corrected chi connectivity index (χ0v) is 18.8. The summed E-state index contributed by atoms with van der Waals surface area (Å²) >= 11 is 18.0. The van der Waals surface area contributed by atoms with E-state index in [0.717, 1.165) is 5.56 Å². The zero-order chi connectivity index (χ0) is 21.7. The molecule has 2 amide bonds. The SMILES string of the molecule is CCOc1cc(/C=C2\SC(=S)NC2=O)ccc1OCC(=O)Nc1ccc(Cl)c(Cl)c1. The molecule has 0 aromatic heterocycles. The van der Waals surface area contributed by atoms with Crippen LogP contribution >= 0.6 is 47.2 Å². The van der Waals surface area contributed by atoms with E-state index in [2.05, 4.69) is 10.6 Å². The molecule has 1 fully saturated rings. The summed E-state index contributed by atoms with van der Waals surface area (Å²) in [5, 5.41) is 5.99.